The summed E-state index contributed by atoms with van der Waals surface area (Å²) in [6, 6.07) is 34.5. The normalized spacial score (nSPS) is 17.2. The number of aryl methyl sites for hydroxylation is 2. The lowest BCUT2D eigenvalue weighted by molar-refractivity contribution is -0.143. The molecule has 1 aliphatic heterocycles. The summed E-state index contributed by atoms with van der Waals surface area (Å²) in [6.07, 6.45) is 5.11. The lowest BCUT2D eigenvalue weighted by atomic mass is 9.86. The van der Waals surface area contributed by atoms with Gasteiger partial charge in [-0.25, -0.2) is 8.42 Å². The van der Waals surface area contributed by atoms with Gasteiger partial charge in [-0.2, -0.15) is 4.31 Å². The van der Waals surface area contributed by atoms with Gasteiger partial charge in [0, 0.05) is 48.2 Å². The molecule has 12 nitrogen and oxygen atoms in total. The van der Waals surface area contributed by atoms with Crippen molar-refractivity contribution in [3.63, 3.8) is 0 Å². The van der Waals surface area contributed by atoms with E-state index in [-0.39, 0.29) is 40.1 Å². The molecule has 2 aliphatic rings. The SMILES string of the molecule is CCN([C@H]1CC[C@H](C(=O)O)CC1)S(=O)(=O)c1cccc(C(=O)Nc2ccc(N3CCCCC3)cc2C(=O)Nc2ccc(CCc3ccc(C(=O)C(O)c4ccccc4)cc3)cc2)c1. The van der Waals surface area contributed by atoms with Gasteiger partial charge in [0.05, 0.1) is 22.1 Å². The van der Waals surface area contributed by atoms with Crippen LogP contribution in [-0.4, -0.2) is 72.2 Å². The fourth-order valence-corrected chi connectivity index (χ4v) is 10.3. The fourth-order valence-electron chi connectivity index (χ4n) is 8.56. The number of aliphatic hydroxyl groups excluding tert-OH is 1. The van der Waals surface area contributed by atoms with Crippen molar-refractivity contribution in [2.75, 3.05) is 35.2 Å². The van der Waals surface area contributed by atoms with E-state index in [4.69, 9.17) is 0 Å². The number of benzene rings is 5. The van der Waals surface area contributed by atoms with Crippen LogP contribution in [0.5, 0.6) is 0 Å². The van der Waals surface area contributed by atoms with Gasteiger partial charge in [0.1, 0.15) is 6.10 Å². The van der Waals surface area contributed by atoms with E-state index in [9.17, 15) is 37.8 Å². The molecular weight excluding hydrogens is 817 g/mol. The number of carbonyl (C=O) groups is 4. The topological polar surface area (TPSA) is 173 Å². The van der Waals surface area contributed by atoms with Gasteiger partial charge in [0.2, 0.25) is 10.0 Å². The number of hydrogen-bond acceptors (Lipinski definition) is 8. The Balaban J connectivity index is 1.02. The summed E-state index contributed by atoms with van der Waals surface area (Å²) in [5, 5.41) is 25.8. The Bertz CT molecular complexity index is 2520. The Morgan fingerprint density at radius 2 is 1.37 bits per heavy atom. The minimum Gasteiger partial charge on any atom is -0.481 e. The van der Waals surface area contributed by atoms with E-state index in [1.165, 1.54) is 28.6 Å². The number of rotatable bonds is 16. The Morgan fingerprint density at radius 3 is 2.00 bits per heavy atom. The van der Waals surface area contributed by atoms with Crippen LogP contribution in [0.4, 0.5) is 17.1 Å². The van der Waals surface area contributed by atoms with Gasteiger partial charge in [0.25, 0.3) is 11.8 Å². The standard InChI is InChI=1S/C50H54N4O8S/c1-2-54(41-26-22-38(23-27-41)50(59)60)63(61,62)43-13-9-12-39(32-43)48(57)52-45-29-28-42(53-30-7-4-8-31-53)33-44(45)49(58)51-40-24-18-35(19-25-40)15-14-34-16-20-37(21-17-34)47(56)46(55)36-10-5-3-6-11-36/h3,5-6,9-13,16-21,24-25,28-29,32-33,38,41,46,55H,2,4,7-8,14-15,22-23,26-27,30-31H2,1H3,(H,51,58)(H,52,57)(H,59,60)/t38-,41-,46?. The summed E-state index contributed by atoms with van der Waals surface area (Å²) < 4.78 is 29.3. The molecule has 1 heterocycles. The Hall–Kier alpha value is -6.15. The third kappa shape index (κ3) is 10.9. The van der Waals surface area contributed by atoms with Gasteiger partial charge in [-0.1, -0.05) is 79.7 Å². The predicted octanol–water partition coefficient (Wildman–Crippen LogP) is 8.54. The average Bonchev–Trinajstić information content (AvgIpc) is 3.32. The predicted molar refractivity (Wildman–Crippen MR) is 244 cm³/mol. The summed E-state index contributed by atoms with van der Waals surface area (Å²) in [4.78, 5) is 54.4. The van der Waals surface area contributed by atoms with Crippen molar-refractivity contribution in [2.24, 2.45) is 5.92 Å². The molecule has 5 aromatic carbocycles. The first-order valence-electron chi connectivity index (χ1n) is 21.7. The van der Waals surface area contributed by atoms with E-state index >= 15 is 0 Å². The van der Waals surface area contributed by atoms with Gasteiger partial charge in [-0.05, 0) is 123 Å². The van der Waals surface area contributed by atoms with Gasteiger partial charge in [-0.15, -0.1) is 0 Å². The number of carbonyl (C=O) groups excluding carboxylic acids is 3. The molecule has 2 fully saturated rings. The molecule has 0 spiro atoms. The molecule has 1 aliphatic carbocycles. The quantitative estimate of drug-likeness (QED) is 0.0709. The molecule has 4 N–H and O–H groups in total. The monoisotopic (exact) mass is 870 g/mol. The Labute approximate surface area is 369 Å². The third-order valence-corrected chi connectivity index (χ3v) is 14.2. The molecular formula is C50H54N4O8S. The smallest absolute Gasteiger partial charge is 0.306 e. The third-order valence-electron chi connectivity index (χ3n) is 12.2. The minimum absolute atomic E-state index is 0.0381. The highest BCUT2D eigenvalue weighted by molar-refractivity contribution is 7.89. The van der Waals surface area contributed by atoms with Crippen LogP contribution in [0.25, 0.3) is 0 Å². The number of amides is 2. The Kier molecular flexibility index (Phi) is 14.5. The van der Waals surface area contributed by atoms with Crippen LogP contribution in [0.2, 0.25) is 0 Å². The van der Waals surface area contributed by atoms with Crippen LogP contribution < -0.4 is 15.5 Å². The van der Waals surface area contributed by atoms with E-state index in [0.29, 0.717) is 42.5 Å². The van der Waals surface area contributed by atoms with Gasteiger partial charge < -0.3 is 25.7 Å². The molecule has 5 aromatic rings. The molecule has 13 heteroatoms. The van der Waals surface area contributed by atoms with Crippen molar-refractivity contribution in [3.8, 4) is 0 Å². The molecule has 1 saturated heterocycles. The average molecular weight is 871 g/mol. The number of hydrogen-bond donors (Lipinski definition) is 4. The molecule has 7 rings (SSSR count). The van der Waals surface area contributed by atoms with Crippen LogP contribution in [0, 0.1) is 5.92 Å². The summed E-state index contributed by atoms with van der Waals surface area (Å²) in [5.41, 5.74) is 5.14. The number of Topliss-reactive ketones (excluding diaryl/α,β-unsaturated/α-hetero) is 1. The first kappa shape index (κ1) is 44.9. The molecule has 0 aromatic heterocycles. The number of nitrogens with one attached hydrogen (secondary N) is 2. The Morgan fingerprint density at radius 1 is 0.714 bits per heavy atom. The lowest BCUT2D eigenvalue weighted by Gasteiger charge is -2.34. The van der Waals surface area contributed by atoms with Crippen molar-refractivity contribution < 1.29 is 37.8 Å². The van der Waals surface area contributed by atoms with Crippen molar-refractivity contribution in [1.82, 2.24) is 4.31 Å². The van der Waals surface area contributed by atoms with Crippen LogP contribution in [0.15, 0.2) is 126 Å². The molecule has 0 bridgehead atoms. The summed E-state index contributed by atoms with van der Waals surface area (Å²) in [7, 11) is -4.01. The highest BCUT2D eigenvalue weighted by Gasteiger charge is 2.35. The van der Waals surface area contributed by atoms with Crippen molar-refractivity contribution in [1.29, 1.82) is 0 Å². The number of carboxylic acids is 1. The molecule has 328 valence electrons. The highest BCUT2D eigenvalue weighted by atomic mass is 32.2. The number of aliphatic hydroxyl groups is 1. The lowest BCUT2D eigenvalue weighted by Crippen LogP contribution is -2.42. The number of piperidine rings is 1. The van der Waals surface area contributed by atoms with E-state index in [1.807, 2.05) is 48.5 Å². The summed E-state index contributed by atoms with van der Waals surface area (Å²) in [6.45, 7) is 3.66. The minimum atomic E-state index is -4.01. The first-order chi connectivity index (χ1) is 30.4. The van der Waals surface area contributed by atoms with E-state index in [1.54, 1.807) is 55.5 Å². The van der Waals surface area contributed by atoms with Crippen molar-refractivity contribution >= 4 is 50.7 Å². The molecule has 1 atom stereocenters. The maximum absolute atomic E-state index is 14.0. The number of sulfonamides is 1. The maximum Gasteiger partial charge on any atom is 0.306 e. The molecule has 1 unspecified atom stereocenters. The van der Waals surface area contributed by atoms with Crippen molar-refractivity contribution in [3.05, 3.63) is 155 Å². The summed E-state index contributed by atoms with van der Waals surface area (Å²) in [5.74, 6) is -2.69. The van der Waals surface area contributed by atoms with Crippen LogP contribution >= 0.6 is 0 Å². The maximum atomic E-state index is 14.0. The second-order valence-corrected chi connectivity index (χ2v) is 18.2. The fraction of sp³-hybridized carbons (Fsp3) is 0.320. The molecule has 2 amide bonds. The number of anilines is 3. The largest absolute Gasteiger partial charge is 0.481 e. The zero-order chi connectivity index (χ0) is 44.5. The van der Waals surface area contributed by atoms with E-state index in [2.05, 4.69) is 15.5 Å². The number of aliphatic carboxylic acids is 1. The van der Waals surface area contributed by atoms with Crippen LogP contribution in [0.1, 0.15) is 106 Å². The highest BCUT2D eigenvalue weighted by Crippen LogP contribution is 2.32. The molecule has 63 heavy (non-hydrogen) atoms. The van der Waals surface area contributed by atoms with Crippen LogP contribution in [-0.2, 0) is 27.7 Å². The van der Waals surface area contributed by atoms with Crippen molar-refractivity contribution in [2.45, 2.75) is 81.8 Å². The second kappa shape index (κ2) is 20.4. The zero-order valence-electron chi connectivity index (χ0n) is 35.4. The van der Waals surface area contributed by atoms with E-state index < -0.39 is 39.8 Å². The number of ketones is 1. The van der Waals surface area contributed by atoms with Gasteiger partial charge >= 0.3 is 5.97 Å². The van der Waals surface area contributed by atoms with Crippen LogP contribution in [0.3, 0.4) is 0 Å². The second-order valence-electron chi connectivity index (χ2n) is 16.3. The zero-order valence-corrected chi connectivity index (χ0v) is 36.2. The number of carboxylic acid groups (broad SMARTS) is 1. The van der Waals surface area contributed by atoms with Gasteiger partial charge in [0.15, 0.2) is 5.78 Å². The molecule has 0 radical (unpaired) electrons. The van der Waals surface area contributed by atoms with E-state index in [0.717, 1.165) is 62.0 Å². The first-order valence-corrected chi connectivity index (χ1v) is 23.2. The van der Waals surface area contributed by atoms with Gasteiger partial charge in [-0.3, -0.25) is 19.2 Å². The number of nitrogens with zero attached hydrogens (tertiary/aromatic N) is 2. The molecule has 1 saturated carbocycles. The summed E-state index contributed by atoms with van der Waals surface area (Å²) >= 11 is 0.